The number of carbonyl (C=O) groups excluding carboxylic acids is 1. The zero-order chi connectivity index (χ0) is 26.9. The molecule has 1 heterocycles. The number of nitrogens with zero attached hydrogens (tertiary/aromatic N) is 4. The van der Waals surface area contributed by atoms with Crippen molar-refractivity contribution < 1.29 is 29.5 Å². The molecule has 0 fully saturated rings. The highest BCUT2D eigenvalue weighted by Gasteiger charge is 2.21. The Bertz CT molecular complexity index is 1230. The van der Waals surface area contributed by atoms with Crippen LogP contribution in [0.25, 0.3) is 16.9 Å². The summed E-state index contributed by atoms with van der Waals surface area (Å²) in [7, 11) is 6.15. The second-order valence-electron chi connectivity index (χ2n) is 7.96. The zero-order valence-electron chi connectivity index (χ0n) is 21.4. The molecule has 0 saturated carbocycles. The maximum atomic E-state index is 12.8. The van der Waals surface area contributed by atoms with Crippen molar-refractivity contribution in [3.05, 3.63) is 36.5 Å². The van der Waals surface area contributed by atoms with Gasteiger partial charge in [-0.3, -0.25) is 9.79 Å². The molecule has 1 unspecified atom stereocenters. The molecule has 0 spiro atoms. The van der Waals surface area contributed by atoms with Crippen LogP contribution in [0.4, 0.5) is 5.69 Å². The van der Waals surface area contributed by atoms with E-state index in [9.17, 15) is 4.79 Å². The SMILES string of the molecule is COc1ccc(-c2cnnn2-c2cc(OC)c(OC)c(OC)c2)cc1NC(=O)C([NH3+])CCCN=C(N)N. The number of methoxy groups -OCH3 is 4. The van der Waals surface area contributed by atoms with Gasteiger partial charge in [0.2, 0.25) is 5.75 Å². The van der Waals surface area contributed by atoms with Gasteiger partial charge in [-0.1, -0.05) is 5.21 Å². The van der Waals surface area contributed by atoms with E-state index < -0.39 is 6.04 Å². The predicted octanol–water partition coefficient (Wildman–Crippen LogP) is 0.571. The second-order valence-corrected chi connectivity index (χ2v) is 7.96. The van der Waals surface area contributed by atoms with Crippen molar-refractivity contribution in [3.63, 3.8) is 0 Å². The highest BCUT2D eigenvalue weighted by atomic mass is 16.5. The van der Waals surface area contributed by atoms with Crippen LogP contribution in [0.2, 0.25) is 0 Å². The van der Waals surface area contributed by atoms with Crippen molar-refractivity contribution in [1.29, 1.82) is 0 Å². The number of quaternary nitrogens is 1. The van der Waals surface area contributed by atoms with Crippen LogP contribution in [-0.2, 0) is 4.79 Å². The molecule has 37 heavy (non-hydrogen) atoms. The fourth-order valence-electron chi connectivity index (χ4n) is 3.69. The zero-order valence-corrected chi connectivity index (χ0v) is 21.4. The number of anilines is 1. The van der Waals surface area contributed by atoms with Gasteiger partial charge < -0.3 is 41.5 Å². The molecule has 0 bridgehead atoms. The molecule has 1 amide bonds. The van der Waals surface area contributed by atoms with E-state index in [2.05, 4.69) is 26.4 Å². The first kappa shape index (κ1) is 27.1. The molecule has 3 rings (SSSR count). The van der Waals surface area contributed by atoms with Crippen molar-refractivity contribution in [1.82, 2.24) is 15.0 Å². The molecular formula is C24H33N8O5+. The molecule has 2 aromatic carbocycles. The van der Waals surface area contributed by atoms with Crippen LogP contribution in [0, 0.1) is 0 Å². The Labute approximate surface area is 214 Å². The molecule has 8 N–H and O–H groups in total. The van der Waals surface area contributed by atoms with Gasteiger partial charge in [-0.25, -0.2) is 4.68 Å². The van der Waals surface area contributed by atoms with Crippen LogP contribution in [0.15, 0.2) is 41.5 Å². The maximum absolute atomic E-state index is 12.8. The number of carbonyl (C=O) groups is 1. The smallest absolute Gasteiger partial charge is 0.282 e. The lowest BCUT2D eigenvalue weighted by molar-refractivity contribution is -0.403. The number of aromatic nitrogens is 3. The summed E-state index contributed by atoms with van der Waals surface area (Å²) in [5, 5.41) is 11.2. The third-order valence-electron chi connectivity index (χ3n) is 5.57. The van der Waals surface area contributed by atoms with Crippen LogP contribution in [0.1, 0.15) is 12.8 Å². The molecule has 0 radical (unpaired) electrons. The van der Waals surface area contributed by atoms with E-state index in [-0.39, 0.29) is 11.9 Å². The summed E-state index contributed by atoms with van der Waals surface area (Å²) < 4.78 is 23.4. The number of ether oxygens (including phenoxy) is 4. The van der Waals surface area contributed by atoms with Crippen molar-refractivity contribution in [2.24, 2.45) is 16.5 Å². The van der Waals surface area contributed by atoms with E-state index in [1.54, 1.807) is 49.4 Å². The molecule has 0 aliphatic heterocycles. The maximum Gasteiger partial charge on any atom is 0.282 e. The number of nitrogens with one attached hydrogen (secondary N) is 1. The molecule has 13 heteroatoms. The topological polar surface area (TPSA) is 189 Å². The second kappa shape index (κ2) is 12.4. The lowest BCUT2D eigenvalue weighted by Crippen LogP contribution is -2.66. The summed E-state index contributed by atoms with van der Waals surface area (Å²) in [5.41, 5.74) is 17.2. The Morgan fingerprint density at radius 3 is 2.32 bits per heavy atom. The fourth-order valence-corrected chi connectivity index (χ4v) is 3.69. The molecule has 1 aromatic heterocycles. The number of nitrogens with two attached hydrogens (primary N) is 2. The van der Waals surface area contributed by atoms with Crippen LogP contribution < -0.4 is 41.5 Å². The minimum atomic E-state index is -0.506. The third-order valence-corrected chi connectivity index (χ3v) is 5.57. The fraction of sp³-hybridized carbons (Fsp3) is 0.333. The number of benzene rings is 2. The minimum Gasteiger partial charge on any atom is -0.495 e. The van der Waals surface area contributed by atoms with Gasteiger partial charge >= 0.3 is 0 Å². The number of rotatable bonds is 12. The molecule has 3 aromatic rings. The van der Waals surface area contributed by atoms with Crippen molar-refractivity contribution in [2.45, 2.75) is 18.9 Å². The standard InChI is InChI=1S/C24H32N8O5/c1-34-19-8-7-14(10-17(19)30-23(33)16(25)6-5-9-28-24(26)27)18-13-29-31-32(18)15-11-20(35-2)22(37-4)21(12-15)36-3/h7-8,10-13,16H,5-6,9,25H2,1-4H3,(H,30,33)(H4,26,27,28)/p+1. The minimum absolute atomic E-state index is 0.0203. The Balaban J connectivity index is 1.90. The Kier molecular flexibility index (Phi) is 9.11. The van der Waals surface area contributed by atoms with Gasteiger partial charge in [0.05, 0.1) is 51.7 Å². The van der Waals surface area contributed by atoms with Crippen molar-refractivity contribution in [3.8, 4) is 39.9 Å². The average Bonchev–Trinajstić information content (AvgIpc) is 3.40. The number of aliphatic imine (C=N–C) groups is 1. The third kappa shape index (κ3) is 6.38. The predicted molar refractivity (Wildman–Crippen MR) is 138 cm³/mol. The van der Waals surface area contributed by atoms with E-state index in [1.807, 2.05) is 6.07 Å². The van der Waals surface area contributed by atoms with Gasteiger partial charge in [0.25, 0.3) is 5.91 Å². The van der Waals surface area contributed by atoms with Crippen molar-refractivity contribution in [2.75, 3.05) is 40.3 Å². The highest BCUT2D eigenvalue weighted by molar-refractivity contribution is 5.95. The van der Waals surface area contributed by atoms with E-state index in [1.165, 1.54) is 14.2 Å². The van der Waals surface area contributed by atoms with Gasteiger partial charge in [0.15, 0.2) is 23.5 Å². The first-order valence-electron chi connectivity index (χ1n) is 11.4. The normalized spacial score (nSPS) is 11.4. The monoisotopic (exact) mass is 513 g/mol. The summed E-state index contributed by atoms with van der Waals surface area (Å²) in [6.45, 7) is 0.429. The highest BCUT2D eigenvalue weighted by Crippen LogP contribution is 2.40. The molecule has 1 atom stereocenters. The van der Waals surface area contributed by atoms with Crippen LogP contribution >= 0.6 is 0 Å². The number of hydrogen-bond donors (Lipinski definition) is 4. The number of amides is 1. The first-order valence-corrected chi connectivity index (χ1v) is 11.4. The molecule has 0 aliphatic rings. The Hall–Kier alpha value is -4.52. The van der Waals surface area contributed by atoms with Crippen LogP contribution in [0.3, 0.4) is 0 Å². The summed E-state index contributed by atoms with van der Waals surface area (Å²) in [5.74, 6) is 1.68. The molecule has 198 valence electrons. The van der Waals surface area contributed by atoms with Crippen LogP contribution in [0.5, 0.6) is 23.0 Å². The lowest BCUT2D eigenvalue weighted by Gasteiger charge is -2.16. The van der Waals surface area contributed by atoms with Crippen LogP contribution in [-0.4, -0.2) is 67.9 Å². The van der Waals surface area contributed by atoms with Gasteiger partial charge in [-0.15, -0.1) is 5.10 Å². The molecule has 0 aliphatic carbocycles. The quantitative estimate of drug-likeness (QED) is 0.152. The molecule has 13 nitrogen and oxygen atoms in total. The van der Waals surface area contributed by atoms with E-state index in [0.29, 0.717) is 59.5 Å². The summed E-state index contributed by atoms with van der Waals surface area (Å²) in [4.78, 5) is 16.7. The van der Waals surface area contributed by atoms with Gasteiger partial charge in [0.1, 0.15) is 5.75 Å². The van der Waals surface area contributed by atoms with E-state index in [4.69, 9.17) is 30.4 Å². The Morgan fingerprint density at radius 2 is 1.73 bits per heavy atom. The number of guanidine groups is 1. The summed E-state index contributed by atoms with van der Waals surface area (Å²) >= 11 is 0. The van der Waals surface area contributed by atoms with E-state index in [0.717, 1.165) is 5.56 Å². The van der Waals surface area contributed by atoms with Gasteiger partial charge in [0, 0.05) is 30.7 Å². The van der Waals surface area contributed by atoms with Crippen molar-refractivity contribution >= 4 is 17.6 Å². The molecular weight excluding hydrogens is 480 g/mol. The summed E-state index contributed by atoms with van der Waals surface area (Å²) in [6, 6.07) is 8.42. The van der Waals surface area contributed by atoms with E-state index >= 15 is 0 Å². The van der Waals surface area contributed by atoms with Gasteiger partial charge in [-0.2, -0.15) is 0 Å². The average molecular weight is 514 g/mol. The summed E-state index contributed by atoms with van der Waals surface area (Å²) in [6.07, 6.45) is 2.75. The molecule has 0 saturated heterocycles. The number of hydrogen-bond acceptors (Lipinski definition) is 8. The lowest BCUT2D eigenvalue weighted by atomic mass is 10.1. The largest absolute Gasteiger partial charge is 0.495 e. The first-order chi connectivity index (χ1) is 17.8. The van der Waals surface area contributed by atoms with Gasteiger partial charge in [-0.05, 0) is 24.6 Å². The Morgan fingerprint density at radius 1 is 1.05 bits per heavy atom.